The summed E-state index contributed by atoms with van der Waals surface area (Å²) in [6, 6.07) is 15.5. The number of anilines is 1. The number of aromatic nitrogens is 3. The van der Waals surface area contributed by atoms with Crippen molar-refractivity contribution in [3.8, 4) is 17.1 Å². The molecule has 0 spiro atoms. The molecule has 6 heteroatoms. The summed E-state index contributed by atoms with van der Waals surface area (Å²) in [5.41, 5.74) is 3.58. The molecule has 2 aromatic carbocycles. The van der Waals surface area contributed by atoms with Gasteiger partial charge in [-0.15, -0.1) is 5.10 Å². The molecule has 116 valence electrons. The maximum absolute atomic E-state index is 12.6. The van der Waals surface area contributed by atoms with Crippen molar-refractivity contribution in [2.45, 2.75) is 13.3 Å². The van der Waals surface area contributed by atoms with Crippen molar-refractivity contribution < 1.29 is 4.74 Å². The van der Waals surface area contributed by atoms with E-state index in [-0.39, 0.29) is 5.69 Å². The molecule has 0 amide bonds. The van der Waals surface area contributed by atoms with Gasteiger partial charge in [0.1, 0.15) is 0 Å². The SMILES string of the molecule is COCc1ccc(-n2nc3n(c2=O)CNc2ccccc2-3)cc1. The molecule has 23 heavy (non-hydrogen) atoms. The van der Waals surface area contributed by atoms with Crippen LogP contribution in [0.25, 0.3) is 17.1 Å². The molecular formula is C17H16N4O2. The first-order valence-corrected chi connectivity index (χ1v) is 7.39. The van der Waals surface area contributed by atoms with E-state index < -0.39 is 0 Å². The van der Waals surface area contributed by atoms with E-state index >= 15 is 0 Å². The van der Waals surface area contributed by atoms with Crippen LogP contribution in [0.1, 0.15) is 5.56 Å². The molecule has 0 atom stereocenters. The molecule has 0 fully saturated rings. The molecule has 3 aromatic rings. The monoisotopic (exact) mass is 308 g/mol. The van der Waals surface area contributed by atoms with Crippen molar-refractivity contribution >= 4 is 5.69 Å². The predicted octanol–water partition coefficient (Wildman–Crippen LogP) is 2.23. The molecule has 0 radical (unpaired) electrons. The summed E-state index contributed by atoms with van der Waals surface area (Å²) in [7, 11) is 1.66. The molecule has 1 aliphatic heterocycles. The van der Waals surface area contributed by atoms with Gasteiger partial charge in [-0.3, -0.25) is 4.57 Å². The molecule has 0 aliphatic carbocycles. The Balaban J connectivity index is 1.81. The second-order valence-electron chi connectivity index (χ2n) is 5.43. The Morgan fingerprint density at radius 1 is 1.17 bits per heavy atom. The largest absolute Gasteiger partial charge is 0.380 e. The zero-order valence-corrected chi connectivity index (χ0v) is 12.7. The summed E-state index contributed by atoms with van der Waals surface area (Å²) >= 11 is 0. The molecule has 6 nitrogen and oxygen atoms in total. The fourth-order valence-electron chi connectivity index (χ4n) is 2.80. The molecule has 2 heterocycles. The molecule has 4 rings (SSSR count). The summed E-state index contributed by atoms with van der Waals surface area (Å²) in [6.45, 7) is 0.971. The third-order valence-electron chi connectivity index (χ3n) is 3.95. The van der Waals surface area contributed by atoms with Crippen LogP contribution in [0.5, 0.6) is 0 Å². The van der Waals surface area contributed by atoms with Gasteiger partial charge < -0.3 is 10.1 Å². The third-order valence-corrected chi connectivity index (χ3v) is 3.95. The van der Waals surface area contributed by atoms with Crippen LogP contribution < -0.4 is 11.0 Å². The Kier molecular flexibility index (Phi) is 3.24. The maximum atomic E-state index is 12.6. The fourth-order valence-corrected chi connectivity index (χ4v) is 2.80. The van der Waals surface area contributed by atoms with Crippen molar-refractivity contribution in [2.75, 3.05) is 12.4 Å². The number of hydrogen-bond donors (Lipinski definition) is 1. The summed E-state index contributed by atoms with van der Waals surface area (Å²) in [5, 5.41) is 7.78. The number of nitrogens with zero attached hydrogens (tertiary/aromatic N) is 3. The lowest BCUT2D eigenvalue weighted by atomic mass is 10.1. The summed E-state index contributed by atoms with van der Waals surface area (Å²) in [4.78, 5) is 12.6. The summed E-state index contributed by atoms with van der Waals surface area (Å²) in [6.07, 6.45) is 0. The normalized spacial score (nSPS) is 12.4. The molecule has 1 aromatic heterocycles. The van der Waals surface area contributed by atoms with E-state index in [1.165, 1.54) is 4.68 Å². The molecule has 0 saturated heterocycles. The minimum Gasteiger partial charge on any atom is -0.380 e. The number of methoxy groups -OCH3 is 1. The first kappa shape index (κ1) is 13.8. The average Bonchev–Trinajstić information content (AvgIpc) is 2.93. The molecule has 0 bridgehead atoms. The average molecular weight is 308 g/mol. The highest BCUT2D eigenvalue weighted by atomic mass is 16.5. The summed E-state index contributed by atoms with van der Waals surface area (Å²) in [5.74, 6) is 0.685. The zero-order chi connectivity index (χ0) is 15.8. The highest BCUT2D eigenvalue weighted by molar-refractivity contribution is 5.75. The van der Waals surface area contributed by atoms with Gasteiger partial charge in [0.05, 0.1) is 19.0 Å². The van der Waals surface area contributed by atoms with Crippen molar-refractivity contribution in [3.05, 3.63) is 64.6 Å². The lowest BCUT2D eigenvalue weighted by molar-refractivity contribution is 0.185. The predicted molar refractivity (Wildman–Crippen MR) is 87.6 cm³/mol. The Labute approximate surface area is 132 Å². The van der Waals surface area contributed by atoms with Crippen LogP contribution in [0, 0.1) is 0 Å². The molecule has 0 saturated carbocycles. The van der Waals surface area contributed by atoms with E-state index in [0.717, 1.165) is 22.5 Å². The molecule has 1 N–H and O–H groups in total. The van der Waals surface area contributed by atoms with Crippen LogP contribution in [-0.2, 0) is 18.0 Å². The number of nitrogens with one attached hydrogen (secondary N) is 1. The molecular weight excluding hydrogens is 292 g/mol. The van der Waals surface area contributed by atoms with Crippen LogP contribution in [-0.4, -0.2) is 21.5 Å². The van der Waals surface area contributed by atoms with Crippen LogP contribution in [0.15, 0.2) is 53.3 Å². The van der Waals surface area contributed by atoms with Gasteiger partial charge in [0.2, 0.25) is 0 Å². The van der Waals surface area contributed by atoms with Gasteiger partial charge in [-0.05, 0) is 29.8 Å². The first-order valence-electron chi connectivity index (χ1n) is 7.39. The van der Waals surface area contributed by atoms with Crippen LogP contribution in [0.3, 0.4) is 0 Å². The van der Waals surface area contributed by atoms with Crippen LogP contribution in [0.2, 0.25) is 0 Å². The second kappa shape index (κ2) is 5.40. The van der Waals surface area contributed by atoms with Gasteiger partial charge in [0.15, 0.2) is 5.82 Å². The zero-order valence-electron chi connectivity index (χ0n) is 12.7. The van der Waals surface area contributed by atoms with Crippen molar-refractivity contribution in [3.63, 3.8) is 0 Å². The smallest absolute Gasteiger partial charge is 0.352 e. The van der Waals surface area contributed by atoms with E-state index in [1.807, 2.05) is 48.5 Å². The van der Waals surface area contributed by atoms with E-state index in [0.29, 0.717) is 19.1 Å². The third kappa shape index (κ3) is 2.24. The first-order chi connectivity index (χ1) is 11.3. The fraction of sp³-hybridized carbons (Fsp3) is 0.176. The Morgan fingerprint density at radius 3 is 2.74 bits per heavy atom. The van der Waals surface area contributed by atoms with Gasteiger partial charge in [0.25, 0.3) is 0 Å². The quantitative estimate of drug-likeness (QED) is 0.806. The highest BCUT2D eigenvalue weighted by Gasteiger charge is 2.21. The number of fused-ring (bicyclic) bond motifs is 3. The summed E-state index contributed by atoms with van der Waals surface area (Å²) < 4.78 is 8.19. The van der Waals surface area contributed by atoms with Crippen LogP contribution >= 0.6 is 0 Å². The van der Waals surface area contributed by atoms with Gasteiger partial charge in [-0.25, -0.2) is 4.79 Å². The van der Waals surface area contributed by atoms with E-state index in [2.05, 4.69) is 10.4 Å². The van der Waals surface area contributed by atoms with Crippen molar-refractivity contribution in [1.82, 2.24) is 14.3 Å². The standard InChI is InChI=1S/C17H16N4O2/c1-23-10-12-6-8-13(9-7-12)21-17(22)20-11-18-15-5-3-2-4-14(15)16(20)19-21/h2-9,18H,10-11H2,1H3. The Bertz CT molecular complexity index is 909. The Morgan fingerprint density at radius 2 is 1.96 bits per heavy atom. The molecule has 1 aliphatic rings. The maximum Gasteiger partial charge on any atom is 0.352 e. The lowest BCUT2D eigenvalue weighted by Gasteiger charge is -2.17. The van der Waals surface area contributed by atoms with Gasteiger partial charge in [0, 0.05) is 18.4 Å². The minimum absolute atomic E-state index is 0.151. The van der Waals surface area contributed by atoms with Crippen molar-refractivity contribution in [2.24, 2.45) is 0 Å². The van der Waals surface area contributed by atoms with Crippen LogP contribution in [0.4, 0.5) is 5.69 Å². The highest BCUT2D eigenvalue weighted by Crippen LogP contribution is 2.29. The lowest BCUT2D eigenvalue weighted by Crippen LogP contribution is -2.28. The number of ether oxygens (including phenoxy) is 1. The van der Waals surface area contributed by atoms with E-state index in [1.54, 1.807) is 11.7 Å². The topological polar surface area (TPSA) is 61.1 Å². The minimum atomic E-state index is -0.151. The number of benzene rings is 2. The second-order valence-corrected chi connectivity index (χ2v) is 5.43. The van der Waals surface area contributed by atoms with E-state index in [4.69, 9.17) is 4.74 Å². The van der Waals surface area contributed by atoms with Gasteiger partial charge >= 0.3 is 5.69 Å². The number of rotatable bonds is 3. The Hall–Kier alpha value is -2.86. The molecule has 0 unspecified atom stereocenters. The van der Waals surface area contributed by atoms with Gasteiger partial charge in [-0.2, -0.15) is 4.68 Å². The number of hydrogen-bond acceptors (Lipinski definition) is 4. The van der Waals surface area contributed by atoms with Crippen molar-refractivity contribution in [1.29, 1.82) is 0 Å². The number of para-hydroxylation sites is 1. The van der Waals surface area contributed by atoms with E-state index in [9.17, 15) is 4.79 Å². The van der Waals surface area contributed by atoms with Gasteiger partial charge in [-0.1, -0.05) is 24.3 Å².